The van der Waals surface area contributed by atoms with Gasteiger partial charge in [-0.1, -0.05) is 12.1 Å². The summed E-state index contributed by atoms with van der Waals surface area (Å²) < 4.78 is 10.3. The molecule has 2 N–H and O–H groups in total. The third-order valence-electron chi connectivity index (χ3n) is 4.23. The number of nitrogens with two attached hydrogens (primary N) is 1. The fourth-order valence-corrected chi connectivity index (χ4v) is 2.96. The van der Waals surface area contributed by atoms with Crippen molar-refractivity contribution in [1.29, 1.82) is 0 Å². The smallest absolute Gasteiger partial charge is 0.303 e. The van der Waals surface area contributed by atoms with E-state index in [1.54, 1.807) is 60.5 Å². The van der Waals surface area contributed by atoms with E-state index in [1.165, 1.54) is 6.92 Å². The molecule has 1 heterocycles. The molecule has 134 valence electrons. The second-order valence-corrected chi connectivity index (χ2v) is 5.87. The van der Waals surface area contributed by atoms with E-state index in [2.05, 4.69) is 0 Å². The number of esters is 1. The van der Waals surface area contributed by atoms with Crippen molar-refractivity contribution in [2.45, 2.75) is 19.1 Å². The number of amides is 2. The lowest BCUT2D eigenvalue weighted by molar-refractivity contribution is -0.160. The molecular weight excluding hydrogens is 336 g/mol. The van der Waals surface area contributed by atoms with Gasteiger partial charge in [0, 0.05) is 18.2 Å². The van der Waals surface area contributed by atoms with Crippen molar-refractivity contribution < 1.29 is 23.9 Å². The maximum Gasteiger partial charge on any atom is 0.303 e. The normalized spacial score (nSPS) is 18.8. The van der Waals surface area contributed by atoms with Crippen LogP contribution in [0, 0.1) is 0 Å². The Kier molecular flexibility index (Phi) is 4.62. The highest BCUT2D eigenvalue weighted by Gasteiger charge is 2.51. The Balaban J connectivity index is 1.95. The number of nitrogens with zero attached hydrogens (tertiary/aromatic N) is 1. The summed E-state index contributed by atoms with van der Waals surface area (Å²) in [4.78, 5) is 36.7. The van der Waals surface area contributed by atoms with Crippen molar-refractivity contribution in [2.24, 2.45) is 5.73 Å². The Hall–Kier alpha value is -3.35. The summed E-state index contributed by atoms with van der Waals surface area (Å²) in [6, 6.07) is 13.1. The SMILES string of the molecule is COc1ccc(N2C(=O)C(OC(C)=O)C2c2ccc(C(N)=O)cc2)cc1. The number of ether oxygens (including phenoxy) is 2. The molecule has 26 heavy (non-hydrogen) atoms. The first-order valence-electron chi connectivity index (χ1n) is 7.96. The Morgan fingerprint density at radius 1 is 1.04 bits per heavy atom. The molecule has 0 spiro atoms. The minimum absolute atomic E-state index is 0.311. The van der Waals surface area contributed by atoms with E-state index in [0.29, 0.717) is 17.0 Å². The standard InChI is InChI=1S/C19H18N2O5/c1-11(22)26-17-16(12-3-5-13(6-4-12)18(20)23)21(19(17)24)14-7-9-15(25-2)10-8-14/h3-10,16-17H,1-2H3,(H2,20,23). The Bertz CT molecular complexity index is 845. The molecule has 7 heteroatoms. The number of carbonyl (C=O) groups is 3. The number of β-lactam (4-membered cyclic amide) rings is 1. The Morgan fingerprint density at radius 2 is 1.65 bits per heavy atom. The van der Waals surface area contributed by atoms with Crippen LogP contribution in [0.4, 0.5) is 5.69 Å². The van der Waals surface area contributed by atoms with Crippen LogP contribution in [0.3, 0.4) is 0 Å². The zero-order chi connectivity index (χ0) is 18.8. The number of rotatable bonds is 5. The lowest BCUT2D eigenvalue weighted by Crippen LogP contribution is -2.60. The number of carbonyl (C=O) groups excluding carboxylic acids is 3. The first-order chi connectivity index (χ1) is 12.4. The molecule has 2 amide bonds. The monoisotopic (exact) mass is 354 g/mol. The van der Waals surface area contributed by atoms with Gasteiger partial charge < -0.3 is 15.2 Å². The van der Waals surface area contributed by atoms with E-state index in [9.17, 15) is 14.4 Å². The summed E-state index contributed by atoms with van der Waals surface area (Å²) in [5.74, 6) is -0.712. The highest BCUT2D eigenvalue weighted by Crippen LogP contribution is 2.41. The summed E-state index contributed by atoms with van der Waals surface area (Å²) in [5, 5.41) is 0. The minimum atomic E-state index is -0.908. The Morgan fingerprint density at radius 3 is 2.15 bits per heavy atom. The fraction of sp³-hybridized carbons (Fsp3) is 0.211. The molecule has 1 fully saturated rings. The predicted octanol–water partition coefficient (Wildman–Crippen LogP) is 1.81. The molecule has 0 bridgehead atoms. The van der Waals surface area contributed by atoms with Gasteiger partial charge in [-0.2, -0.15) is 0 Å². The molecule has 2 aromatic rings. The van der Waals surface area contributed by atoms with Crippen LogP contribution in [-0.2, 0) is 14.3 Å². The van der Waals surface area contributed by atoms with Crippen molar-refractivity contribution in [1.82, 2.24) is 0 Å². The molecule has 0 aromatic heterocycles. The average molecular weight is 354 g/mol. The average Bonchev–Trinajstić information content (AvgIpc) is 2.64. The number of benzene rings is 2. The van der Waals surface area contributed by atoms with Crippen molar-refractivity contribution in [2.75, 3.05) is 12.0 Å². The molecule has 2 aromatic carbocycles. The number of anilines is 1. The van der Waals surface area contributed by atoms with Gasteiger partial charge in [0.1, 0.15) is 11.8 Å². The fourth-order valence-electron chi connectivity index (χ4n) is 2.96. The van der Waals surface area contributed by atoms with E-state index in [1.807, 2.05) is 0 Å². The molecule has 1 aliphatic heterocycles. The van der Waals surface area contributed by atoms with Crippen LogP contribution in [0.5, 0.6) is 5.75 Å². The van der Waals surface area contributed by atoms with Gasteiger partial charge in [0.05, 0.1) is 7.11 Å². The summed E-state index contributed by atoms with van der Waals surface area (Å²) in [5.41, 5.74) is 7.01. The largest absolute Gasteiger partial charge is 0.497 e. The van der Waals surface area contributed by atoms with Gasteiger partial charge in [0.15, 0.2) is 0 Å². The van der Waals surface area contributed by atoms with Gasteiger partial charge in [-0.05, 0) is 42.0 Å². The van der Waals surface area contributed by atoms with Gasteiger partial charge in [-0.15, -0.1) is 0 Å². The maximum atomic E-state index is 12.6. The van der Waals surface area contributed by atoms with Crippen LogP contribution < -0.4 is 15.4 Å². The van der Waals surface area contributed by atoms with Crippen LogP contribution in [0.2, 0.25) is 0 Å². The van der Waals surface area contributed by atoms with E-state index >= 15 is 0 Å². The van der Waals surface area contributed by atoms with Crippen LogP contribution in [-0.4, -0.2) is 31.0 Å². The van der Waals surface area contributed by atoms with Gasteiger partial charge in [0.2, 0.25) is 12.0 Å². The molecule has 0 saturated carbocycles. The van der Waals surface area contributed by atoms with E-state index < -0.39 is 24.0 Å². The van der Waals surface area contributed by atoms with E-state index in [0.717, 1.165) is 5.56 Å². The summed E-state index contributed by atoms with van der Waals surface area (Å²) in [7, 11) is 1.56. The molecule has 1 saturated heterocycles. The molecule has 1 aliphatic rings. The van der Waals surface area contributed by atoms with Crippen LogP contribution in [0.15, 0.2) is 48.5 Å². The third kappa shape index (κ3) is 3.11. The zero-order valence-electron chi connectivity index (χ0n) is 14.3. The molecular formula is C19H18N2O5. The second-order valence-electron chi connectivity index (χ2n) is 5.87. The predicted molar refractivity (Wildman–Crippen MR) is 93.7 cm³/mol. The van der Waals surface area contributed by atoms with Crippen molar-refractivity contribution in [3.63, 3.8) is 0 Å². The van der Waals surface area contributed by atoms with Gasteiger partial charge >= 0.3 is 5.97 Å². The summed E-state index contributed by atoms with van der Waals surface area (Å²) in [6.45, 7) is 1.26. The summed E-state index contributed by atoms with van der Waals surface area (Å²) >= 11 is 0. The Labute approximate surface area is 150 Å². The molecule has 0 aliphatic carbocycles. The highest BCUT2D eigenvalue weighted by atomic mass is 16.6. The highest BCUT2D eigenvalue weighted by molar-refractivity contribution is 6.06. The third-order valence-corrected chi connectivity index (χ3v) is 4.23. The first kappa shape index (κ1) is 17.5. The topological polar surface area (TPSA) is 98.9 Å². The number of hydrogen-bond acceptors (Lipinski definition) is 5. The molecule has 7 nitrogen and oxygen atoms in total. The van der Waals surface area contributed by atoms with E-state index in [-0.39, 0.29) is 5.91 Å². The summed E-state index contributed by atoms with van der Waals surface area (Å²) in [6.07, 6.45) is -0.908. The quantitative estimate of drug-likeness (QED) is 0.652. The van der Waals surface area contributed by atoms with Gasteiger partial charge in [-0.3, -0.25) is 19.3 Å². The molecule has 0 radical (unpaired) electrons. The van der Waals surface area contributed by atoms with Gasteiger partial charge in [-0.25, -0.2) is 0 Å². The van der Waals surface area contributed by atoms with Crippen LogP contribution >= 0.6 is 0 Å². The number of hydrogen-bond donors (Lipinski definition) is 1. The molecule has 2 unspecified atom stereocenters. The van der Waals surface area contributed by atoms with Crippen molar-refractivity contribution in [3.8, 4) is 5.75 Å². The lowest BCUT2D eigenvalue weighted by Gasteiger charge is -2.46. The minimum Gasteiger partial charge on any atom is -0.497 e. The van der Waals surface area contributed by atoms with Crippen molar-refractivity contribution >= 4 is 23.5 Å². The van der Waals surface area contributed by atoms with Crippen molar-refractivity contribution in [3.05, 3.63) is 59.7 Å². The van der Waals surface area contributed by atoms with Crippen LogP contribution in [0.1, 0.15) is 28.9 Å². The lowest BCUT2D eigenvalue weighted by atomic mass is 9.89. The second kappa shape index (κ2) is 6.87. The zero-order valence-corrected chi connectivity index (χ0v) is 14.3. The van der Waals surface area contributed by atoms with Gasteiger partial charge in [0.25, 0.3) is 5.91 Å². The number of primary amides is 1. The number of methoxy groups -OCH3 is 1. The van der Waals surface area contributed by atoms with Crippen LogP contribution in [0.25, 0.3) is 0 Å². The van der Waals surface area contributed by atoms with E-state index in [4.69, 9.17) is 15.2 Å². The molecule has 2 atom stereocenters. The molecule has 3 rings (SSSR count). The maximum absolute atomic E-state index is 12.6. The first-order valence-corrected chi connectivity index (χ1v) is 7.96.